The monoisotopic (exact) mass is 573 g/mol. The van der Waals surface area contributed by atoms with Crippen molar-refractivity contribution in [2.45, 2.75) is 85.0 Å². The Balaban J connectivity index is 1.62. The molecule has 3 aromatic rings. The van der Waals surface area contributed by atoms with Crippen LogP contribution >= 0.6 is 0 Å². The number of benzene rings is 1. The van der Waals surface area contributed by atoms with Crippen molar-refractivity contribution in [1.29, 1.82) is 0 Å². The highest BCUT2D eigenvalue weighted by Gasteiger charge is 2.25. The Labute approximate surface area is 238 Å². The van der Waals surface area contributed by atoms with Crippen molar-refractivity contribution in [2.24, 2.45) is 0 Å². The maximum absolute atomic E-state index is 14.1. The maximum Gasteiger partial charge on any atom is 0.408 e. The quantitative estimate of drug-likeness (QED) is 0.161. The van der Waals surface area contributed by atoms with Crippen LogP contribution in [0, 0.1) is 25.5 Å². The standard InChI is InChI=1S/C30H37F2N3O6/c1-18-15-25(40-17-20-21(31)11-10-12-22(20)32)27-33-19(2)26(35(27)16-18)24(36)14-9-7-8-13-23(28(37)39-6)34-29(38)41-30(3,4)5/h10-12,15-16,23H,7-9,13-14,17H2,1-6H3,(H,34,38)/t23-/m0/s1. The number of nitrogens with one attached hydrogen (secondary N) is 1. The van der Waals surface area contributed by atoms with E-state index in [0.29, 0.717) is 48.5 Å². The van der Waals surface area contributed by atoms with E-state index in [1.165, 1.54) is 13.2 Å². The molecule has 3 rings (SSSR count). The predicted molar refractivity (Wildman–Crippen MR) is 148 cm³/mol. The number of esters is 1. The van der Waals surface area contributed by atoms with Crippen molar-refractivity contribution < 1.29 is 37.4 Å². The summed E-state index contributed by atoms with van der Waals surface area (Å²) in [6.07, 6.45) is 3.38. The number of hydrogen-bond donors (Lipinski definition) is 1. The first kappa shape index (κ1) is 31.5. The van der Waals surface area contributed by atoms with Gasteiger partial charge < -0.3 is 19.5 Å². The summed E-state index contributed by atoms with van der Waals surface area (Å²) in [7, 11) is 1.25. The van der Waals surface area contributed by atoms with Crippen LogP contribution in [0.25, 0.3) is 5.65 Å². The van der Waals surface area contributed by atoms with Gasteiger partial charge in [0.15, 0.2) is 17.2 Å². The number of hydrogen-bond acceptors (Lipinski definition) is 7. The Morgan fingerprint density at radius 3 is 2.39 bits per heavy atom. The van der Waals surface area contributed by atoms with E-state index < -0.39 is 35.3 Å². The molecule has 1 N–H and O–H groups in total. The molecule has 2 heterocycles. The molecule has 41 heavy (non-hydrogen) atoms. The summed E-state index contributed by atoms with van der Waals surface area (Å²) in [5.41, 5.74) is 1.17. The van der Waals surface area contributed by atoms with Crippen molar-refractivity contribution in [2.75, 3.05) is 7.11 Å². The van der Waals surface area contributed by atoms with Gasteiger partial charge in [-0.2, -0.15) is 0 Å². The first-order valence-corrected chi connectivity index (χ1v) is 13.5. The molecule has 0 unspecified atom stereocenters. The zero-order valence-electron chi connectivity index (χ0n) is 24.3. The van der Waals surface area contributed by atoms with E-state index in [2.05, 4.69) is 10.3 Å². The van der Waals surface area contributed by atoms with Crippen molar-refractivity contribution in [3.8, 4) is 5.75 Å². The number of imidazole rings is 1. The number of amides is 1. The normalized spacial score (nSPS) is 12.2. The van der Waals surface area contributed by atoms with E-state index in [0.717, 1.165) is 17.7 Å². The van der Waals surface area contributed by atoms with E-state index in [1.54, 1.807) is 44.4 Å². The molecule has 1 aromatic carbocycles. The lowest BCUT2D eigenvalue weighted by atomic mass is 10.0. The number of unbranched alkanes of at least 4 members (excludes halogenated alkanes) is 2. The molecule has 2 aromatic heterocycles. The Bertz CT molecular complexity index is 1390. The molecule has 11 heteroatoms. The molecule has 0 aliphatic heterocycles. The number of pyridine rings is 1. The number of alkyl carbamates (subject to hydrolysis) is 1. The van der Waals surface area contributed by atoms with Crippen molar-refractivity contribution >= 4 is 23.5 Å². The van der Waals surface area contributed by atoms with Gasteiger partial charge in [0.1, 0.15) is 35.6 Å². The second kappa shape index (κ2) is 13.6. The number of methoxy groups -OCH3 is 1. The van der Waals surface area contributed by atoms with Gasteiger partial charge in [-0.05, 0) is 71.2 Å². The average molecular weight is 574 g/mol. The molecule has 0 aliphatic rings. The smallest absolute Gasteiger partial charge is 0.408 e. The molecular weight excluding hydrogens is 536 g/mol. The van der Waals surface area contributed by atoms with Gasteiger partial charge in [-0.15, -0.1) is 0 Å². The lowest BCUT2D eigenvalue weighted by Crippen LogP contribution is -2.44. The number of carbonyl (C=O) groups excluding carboxylic acids is 3. The van der Waals surface area contributed by atoms with Crippen LogP contribution in [0.3, 0.4) is 0 Å². The Kier molecular flexibility index (Phi) is 10.4. The summed E-state index contributed by atoms with van der Waals surface area (Å²) < 4.78 is 45.6. The summed E-state index contributed by atoms with van der Waals surface area (Å²) >= 11 is 0. The van der Waals surface area contributed by atoms with Gasteiger partial charge in [0, 0.05) is 12.6 Å². The number of aryl methyl sites for hydroxylation is 2. The van der Waals surface area contributed by atoms with Gasteiger partial charge in [0.2, 0.25) is 0 Å². The molecule has 0 saturated heterocycles. The minimum Gasteiger partial charge on any atom is -0.485 e. The largest absolute Gasteiger partial charge is 0.485 e. The SMILES string of the molecule is COC(=O)[C@H](CCCCCC(=O)c1c(C)nc2c(OCc3c(F)cccc3F)cc(C)cn12)NC(=O)OC(C)(C)C. The van der Waals surface area contributed by atoms with Crippen molar-refractivity contribution in [3.63, 3.8) is 0 Å². The van der Waals surface area contributed by atoms with Gasteiger partial charge in [0.25, 0.3) is 0 Å². The molecule has 0 saturated carbocycles. The molecule has 9 nitrogen and oxygen atoms in total. The topological polar surface area (TPSA) is 108 Å². The summed E-state index contributed by atoms with van der Waals surface area (Å²) in [5.74, 6) is -1.80. The Morgan fingerprint density at radius 1 is 1.07 bits per heavy atom. The highest BCUT2D eigenvalue weighted by molar-refractivity contribution is 5.96. The van der Waals surface area contributed by atoms with E-state index >= 15 is 0 Å². The summed E-state index contributed by atoms with van der Waals surface area (Å²) in [5, 5.41) is 2.54. The predicted octanol–water partition coefficient (Wildman–Crippen LogP) is 6.01. The first-order valence-electron chi connectivity index (χ1n) is 13.5. The Hall–Kier alpha value is -4.02. The molecular formula is C30H37F2N3O6. The number of halogens is 2. The molecule has 1 amide bonds. The van der Waals surface area contributed by atoms with Crippen LogP contribution < -0.4 is 10.1 Å². The summed E-state index contributed by atoms with van der Waals surface area (Å²) in [6, 6.07) is 4.46. The van der Waals surface area contributed by atoms with E-state index in [-0.39, 0.29) is 24.4 Å². The number of fused-ring (bicyclic) bond motifs is 1. The van der Waals surface area contributed by atoms with Gasteiger partial charge in [-0.25, -0.2) is 23.4 Å². The van der Waals surface area contributed by atoms with Crippen LogP contribution in [0.4, 0.5) is 13.6 Å². The molecule has 1 atom stereocenters. The highest BCUT2D eigenvalue weighted by Crippen LogP contribution is 2.27. The van der Waals surface area contributed by atoms with Crippen LogP contribution in [-0.2, 0) is 20.9 Å². The molecule has 0 fully saturated rings. The fourth-order valence-electron chi connectivity index (χ4n) is 4.39. The van der Waals surface area contributed by atoms with Crippen LogP contribution in [0.2, 0.25) is 0 Å². The van der Waals surface area contributed by atoms with E-state index in [1.807, 2.05) is 6.92 Å². The number of nitrogens with zero attached hydrogens (tertiary/aromatic N) is 2. The number of rotatable bonds is 12. The van der Waals surface area contributed by atoms with Crippen molar-refractivity contribution in [3.05, 3.63) is 64.6 Å². The first-order chi connectivity index (χ1) is 19.3. The second-order valence-electron chi connectivity index (χ2n) is 10.9. The molecule has 0 radical (unpaired) electrons. The van der Waals surface area contributed by atoms with Gasteiger partial charge in [0.05, 0.1) is 18.4 Å². The third-order valence-corrected chi connectivity index (χ3v) is 6.27. The van der Waals surface area contributed by atoms with E-state index in [9.17, 15) is 23.2 Å². The minimum absolute atomic E-state index is 0.122. The fraction of sp³-hybridized carbons (Fsp3) is 0.467. The highest BCUT2D eigenvalue weighted by atomic mass is 19.1. The summed E-state index contributed by atoms with van der Waals surface area (Å²) in [4.78, 5) is 41.9. The lowest BCUT2D eigenvalue weighted by molar-refractivity contribution is -0.143. The summed E-state index contributed by atoms with van der Waals surface area (Å²) in [6.45, 7) is 8.39. The zero-order chi connectivity index (χ0) is 30.3. The van der Waals surface area contributed by atoms with Crippen LogP contribution in [0.5, 0.6) is 5.75 Å². The average Bonchev–Trinajstić information content (AvgIpc) is 3.21. The number of ketones is 1. The second-order valence-corrected chi connectivity index (χ2v) is 10.9. The third kappa shape index (κ3) is 8.48. The third-order valence-electron chi connectivity index (χ3n) is 6.27. The molecule has 222 valence electrons. The zero-order valence-corrected chi connectivity index (χ0v) is 24.3. The van der Waals surface area contributed by atoms with Gasteiger partial charge in [-0.1, -0.05) is 18.9 Å². The number of Topliss-reactive ketones (excluding diaryl/α,β-unsaturated/α-hetero) is 1. The van der Waals surface area contributed by atoms with Crippen LogP contribution in [0.15, 0.2) is 30.5 Å². The lowest BCUT2D eigenvalue weighted by Gasteiger charge is -2.22. The maximum atomic E-state index is 14.1. The number of ether oxygens (including phenoxy) is 3. The fourth-order valence-corrected chi connectivity index (χ4v) is 4.39. The Morgan fingerprint density at radius 2 is 1.76 bits per heavy atom. The molecule has 0 spiro atoms. The molecule has 0 aliphatic carbocycles. The van der Waals surface area contributed by atoms with Gasteiger partial charge in [-0.3, -0.25) is 9.20 Å². The molecule has 0 bridgehead atoms. The van der Waals surface area contributed by atoms with E-state index in [4.69, 9.17) is 14.2 Å². The van der Waals surface area contributed by atoms with Crippen LogP contribution in [-0.4, -0.2) is 46.0 Å². The minimum atomic E-state index is -0.856. The number of aromatic nitrogens is 2. The van der Waals surface area contributed by atoms with Crippen molar-refractivity contribution in [1.82, 2.24) is 14.7 Å². The van der Waals surface area contributed by atoms with Gasteiger partial charge >= 0.3 is 12.1 Å². The number of carbonyl (C=O) groups is 3. The van der Waals surface area contributed by atoms with Crippen LogP contribution in [0.1, 0.15) is 80.2 Å².